The second-order valence-electron chi connectivity index (χ2n) is 10.8. The molecule has 0 bridgehead atoms. The molecule has 0 unspecified atom stereocenters. The molecule has 0 aliphatic carbocycles. The molecule has 1 amide bonds. The van der Waals surface area contributed by atoms with E-state index in [2.05, 4.69) is 50.1 Å². The van der Waals surface area contributed by atoms with Gasteiger partial charge in [-0.2, -0.15) is 5.26 Å². The number of halogens is 3. The minimum Gasteiger partial charge on any atom is -0.353 e. The zero-order chi connectivity index (χ0) is 28.9. The summed E-state index contributed by atoms with van der Waals surface area (Å²) in [7, 11) is 0. The Hall–Kier alpha value is -2.86. The molecule has 2 aromatic carbocycles. The first kappa shape index (κ1) is 29.6. The van der Waals surface area contributed by atoms with Crippen molar-refractivity contribution in [2.75, 3.05) is 37.6 Å². The summed E-state index contributed by atoms with van der Waals surface area (Å²) in [5.74, 6) is 0.470. The first-order valence-corrected chi connectivity index (χ1v) is 15.0. The standard InChI is InChI=1S/C31H33Cl3N6O.H2/c1-21-19-39(12-13-40(21)26-8-10-38(11-9-26)20-23-4-2-22(16-35)3-5-23)30-29(34)15-25(18-36-30)31(41)37-17-24-6-7-27(32)28(33)14-24;/h2-7,14-15,18,21,26H,8-13,17,19-20H2,1H3,(H,37,41);1H/t21-;/m0./s1. The monoisotopic (exact) mass is 612 g/mol. The van der Waals surface area contributed by atoms with Crippen LogP contribution in [0, 0.1) is 11.3 Å². The normalized spacial score (nSPS) is 18.7. The fraction of sp³-hybridized carbons (Fsp3) is 0.387. The number of carbonyl (C=O) groups excluding carboxylic acids is 1. The van der Waals surface area contributed by atoms with Gasteiger partial charge in [0.15, 0.2) is 0 Å². The number of pyridine rings is 1. The average Bonchev–Trinajstić information content (AvgIpc) is 2.98. The minimum absolute atomic E-state index is 0. The minimum atomic E-state index is -0.249. The van der Waals surface area contributed by atoms with Crippen molar-refractivity contribution in [3.8, 4) is 6.07 Å². The number of nitriles is 1. The van der Waals surface area contributed by atoms with E-state index in [4.69, 9.17) is 40.1 Å². The fourth-order valence-electron chi connectivity index (χ4n) is 5.78. The van der Waals surface area contributed by atoms with Gasteiger partial charge in [0.05, 0.1) is 32.3 Å². The Morgan fingerprint density at radius 3 is 2.39 bits per heavy atom. The van der Waals surface area contributed by atoms with Crippen molar-refractivity contribution < 1.29 is 6.22 Å². The molecule has 0 radical (unpaired) electrons. The lowest BCUT2D eigenvalue weighted by Crippen LogP contribution is -2.57. The second-order valence-corrected chi connectivity index (χ2v) is 12.0. The lowest BCUT2D eigenvalue weighted by Gasteiger charge is -2.47. The van der Waals surface area contributed by atoms with Crippen LogP contribution in [0.1, 0.15) is 48.2 Å². The summed E-state index contributed by atoms with van der Waals surface area (Å²) >= 11 is 18.7. The molecule has 3 heterocycles. The molecular formula is C31H35Cl3N6O. The van der Waals surface area contributed by atoms with Gasteiger partial charge in [-0.3, -0.25) is 14.6 Å². The van der Waals surface area contributed by atoms with E-state index in [0.717, 1.165) is 63.5 Å². The summed E-state index contributed by atoms with van der Waals surface area (Å²) in [4.78, 5) is 24.7. The highest BCUT2D eigenvalue weighted by Crippen LogP contribution is 2.29. The van der Waals surface area contributed by atoms with Crippen LogP contribution in [0.3, 0.4) is 0 Å². The number of hydrogen-bond acceptors (Lipinski definition) is 6. The van der Waals surface area contributed by atoms with Gasteiger partial charge in [0, 0.05) is 52.4 Å². The number of nitrogens with one attached hydrogen (secondary N) is 1. The molecule has 2 aliphatic rings. The Balaban J connectivity index is 0.00000405. The summed E-state index contributed by atoms with van der Waals surface area (Å²) < 4.78 is 0. The summed E-state index contributed by atoms with van der Waals surface area (Å²) in [6, 6.07) is 18.0. The van der Waals surface area contributed by atoms with E-state index in [1.54, 1.807) is 24.4 Å². The highest BCUT2D eigenvalue weighted by molar-refractivity contribution is 6.42. The molecule has 2 aliphatic heterocycles. The molecule has 1 N–H and O–H groups in total. The number of carbonyl (C=O) groups is 1. The molecule has 7 nitrogen and oxygen atoms in total. The number of amides is 1. The lowest BCUT2D eigenvalue weighted by atomic mass is 9.99. The van der Waals surface area contributed by atoms with Crippen LogP contribution in [-0.4, -0.2) is 65.5 Å². The van der Waals surface area contributed by atoms with Crippen LogP contribution >= 0.6 is 34.8 Å². The number of nitrogens with zero attached hydrogens (tertiary/aromatic N) is 5. The first-order chi connectivity index (χ1) is 19.8. The Morgan fingerprint density at radius 2 is 1.73 bits per heavy atom. The fourth-order valence-corrected chi connectivity index (χ4v) is 6.39. The number of aromatic nitrogens is 1. The third-order valence-electron chi connectivity index (χ3n) is 8.01. The van der Waals surface area contributed by atoms with Crippen molar-refractivity contribution >= 4 is 46.5 Å². The molecule has 216 valence electrons. The molecule has 0 saturated carbocycles. The van der Waals surface area contributed by atoms with Crippen LogP contribution in [0.25, 0.3) is 0 Å². The van der Waals surface area contributed by atoms with E-state index < -0.39 is 0 Å². The number of rotatable bonds is 7. The number of hydrogen-bond donors (Lipinski definition) is 1. The van der Waals surface area contributed by atoms with Gasteiger partial charge in [0.2, 0.25) is 0 Å². The molecule has 1 aromatic heterocycles. The van der Waals surface area contributed by atoms with E-state index in [0.29, 0.717) is 44.8 Å². The van der Waals surface area contributed by atoms with Crippen LogP contribution in [0.5, 0.6) is 0 Å². The predicted octanol–water partition coefficient (Wildman–Crippen LogP) is 6.26. The largest absolute Gasteiger partial charge is 0.353 e. The van der Waals surface area contributed by atoms with Crippen molar-refractivity contribution in [1.82, 2.24) is 20.1 Å². The maximum absolute atomic E-state index is 12.7. The van der Waals surface area contributed by atoms with Crippen molar-refractivity contribution in [2.24, 2.45) is 0 Å². The molecule has 0 spiro atoms. The van der Waals surface area contributed by atoms with Crippen LogP contribution in [0.4, 0.5) is 5.82 Å². The number of anilines is 1. The molecular weight excluding hydrogens is 579 g/mol. The molecule has 5 rings (SSSR count). The van der Waals surface area contributed by atoms with Gasteiger partial charge in [0.1, 0.15) is 5.82 Å². The molecule has 2 saturated heterocycles. The quantitative estimate of drug-likeness (QED) is 0.339. The Labute approximate surface area is 258 Å². The van der Waals surface area contributed by atoms with E-state index >= 15 is 0 Å². The lowest BCUT2D eigenvalue weighted by molar-refractivity contribution is 0.0690. The topological polar surface area (TPSA) is 75.5 Å². The highest BCUT2D eigenvalue weighted by atomic mass is 35.5. The van der Waals surface area contributed by atoms with Crippen LogP contribution < -0.4 is 10.2 Å². The summed E-state index contributed by atoms with van der Waals surface area (Å²) in [6.45, 7) is 8.28. The Bertz CT molecular complexity index is 1430. The van der Waals surface area contributed by atoms with E-state index in [-0.39, 0.29) is 7.33 Å². The SMILES string of the molecule is C[C@H]1CN(c2ncc(C(=O)NCc3ccc(Cl)c(Cl)c3)cc2Cl)CCN1C1CCN(Cc2ccc(C#N)cc2)CC1.[HH]. The molecule has 10 heteroatoms. The molecule has 3 aromatic rings. The number of likely N-dealkylation sites (tertiary alicyclic amines) is 1. The molecule has 2 fully saturated rings. The Kier molecular flexibility index (Phi) is 9.69. The van der Waals surface area contributed by atoms with Gasteiger partial charge in [-0.15, -0.1) is 0 Å². The maximum Gasteiger partial charge on any atom is 0.253 e. The van der Waals surface area contributed by atoms with E-state index in [9.17, 15) is 4.79 Å². The molecule has 1 atom stereocenters. The maximum atomic E-state index is 12.7. The van der Waals surface area contributed by atoms with Gasteiger partial charge >= 0.3 is 0 Å². The number of piperazine rings is 1. The van der Waals surface area contributed by atoms with Crippen LogP contribution in [0.2, 0.25) is 15.1 Å². The van der Waals surface area contributed by atoms with Crippen molar-refractivity contribution in [2.45, 2.75) is 44.9 Å². The third-order valence-corrected chi connectivity index (χ3v) is 9.03. The first-order valence-electron chi connectivity index (χ1n) is 13.9. The van der Waals surface area contributed by atoms with Gasteiger partial charge < -0.3 is 10.2 Å². The summed E-state index contributed by atoms with van der Waals surface area (Å²) in [5, 5.41) is 13.3. The van der Waals surface area contributed by atoms with Gasteiger partial charge in [0.25, 0.3) is 5.91 Å². The van der Waals surface area contributed by atoms with E-state index in [1.165, 1.54) is 5.56 Å². The van der Waals surface area contributed by atoms with Crippen molar-refractivity contribution in [3.05, 3.63) is 92.0 Å². The average molecular weight is 614 g/mol. The van der Waals surface area contributed by atoms with Crippen molar-refractivity contribution in [1.29, 1.82) is 5.26 Å². The highest BCUT2D eigenvalue weighted by Gasteiger charge is 2.32. The summed E-state index contributed by atoms with van der Waals surface area (Å²) in [6.07, 6.45) is 3.88. The number of benzene rings is 2. The third kappa shape index (κ3) is 7.32. The molecule has 41 heavy (non-hydrogen) atoms. The number of piperidine rings is 1. The summed E-state index contributed by atoms with van der Waals surface area (Å²) in [5.41, 5.74) is 3.23. The smallest absolute Gasteiger partial charge is 0.253 e. The zero-order valence-corrected chi connectivity index (χ0v) is 25.3. The Morgan fingerprint density at radius 1 is 1.00 bits per heavy atom. The van der Waals surface area contributed by atoms with E-state index in [1.807, 2.05) is 18.2 Å². The van der Waals surface area contributed by atoms with Gasteiger partial charge in [-0.1, -0.05) is 53.0 Å². The van der Waals surface area contributed by atoms with Crippen LogP contribution in [0.15, 0.2) is 54.7 Å². The van der Waals surface area contributed by atoms with Crippen molar-refractivity contribution in [3.63, 3.8) is 0 Å². The van der Waals surface area contributed by atoms with Gasteiger partial charge in [-0.05, 0) is 74.3 Å². The zero-order valence-electron chi connectivity index (χ0n) is 23.0. The predicted molar refractivity (Wildman–Crippen MR) is 167 cm³/mol. The van der Waals surface area contributed by atoms with Crippen LogP contribution in [-0.2, 0) is 13.1 Å². The second kappa shape index (κ2) is 13.4. The van der Waals surface area contributed by atoms with Gasteiger partial charge in [-0.25, -0.2) is 4.98 Å².